The van der Waals surface area contributed by atoms with E-state index >= 15 is 0 Å². The van der Waals surface area contributed by atoms with E-state index in [9.17, 15) is 13.2 Å². The highest BCUT2D eigenvalue weighted by atomic mass is 32.2. The predicted octanol–water partition coefficient (Wildman–Crippen LogP) is 2.24. The van der Waals surface area contributed by atoms with Crippen LogP contribution in [-0.2, 0) is 10.0 Å². The molecule has 21 heavy (non-hydrogen) atoms. The van der Waals surface area contributed by atoms with Crippen LogP contribution in [0.15, 0.2) is 15.4 Å². The first-order chi connectivity index (χ1) is 9.91. The van der Waals surface area contributed by atoms with Crippen molar-refractivity contribution in [3.63, 3.8) is 0 Å². The number of carboxylic acid groups (broad SMARTS) is 1. The van der Waals surface area contributed by atoms with Crippen molar-refractivity contribution in [2.24, 2.45) is 5.92 Å². The average Bonchev–Trinajstić information content (AvgIpc) is 3.04. The molecule has 6 nitrogen and oxygen atoms in total. The number of nitrogens with zero attached hydrogens (tertiary/aromatic N) is 1. The maximum Gasteiger partial charge on any atom is 0.371 e. The number of carboxylic acids is 1. The van der Waals surface area contributed by atoms with Crippen LogP contribution in [0.2, 0.25) is 0 Å². The molecule has 3 rings (SSSR count). The molecule has 0 aromatic carbocycles. The molecular weight excluding hydrogens is 294 g/mol. The molecule has 1 aliphatic carbocycles. The summed E-state index contributed by atoms with van der Waals surface area (Å²) in [5.41, 5.74) is 0. The molecule has 0 spiro atoms. The van der Waals surface area contributed by atoms with Gasteiger partial charge in [-0.15, -0.1) is 0 Å². The summed E-state index contributed by atoms with van der Waals surface area (Å²) in [6, 6.07) is 1.19. The third kappa shape index (κ3) is 2.38. The highest BCUT2D eigenvalue weighted by Crippen LogP contribution is 2.40. The summed E-state index contributed by atoms with van der Waals surface area (Å²) in [5, 5.41) is 8.95. The molecular formula is C14H19NO5S. The van der Waals surface area contributed by atoms with Crippen molar-refractivity contribution < 1.29 is 22.7 Å². The van der Waals surface area contributed by atoms with Gasteiger partial charge in [0.1, 0.15) is 10.7 Å². The first-order valence-corrected chi connectivity index (χ1v) is 8.71. The minimum atomic E-state index is -3.68. The van der Waals surface area contributed by atoms with E-state index in [-0.39, 0.29) is 22.5 Å². The summed E-state index contributed by atoms with van der Waals surface area (Å²) >= 11 is 0. The smallest absolute Gasteiger partial charge is 0.371 e. The molecule has 1 aromatic rings. The Bertz CT molecular complexity index is 663. The highest BCUT2D eigenvalue weighted by Gasteiger charge is 2.42. The largest absolute Gasteiger partial charge is 0.475 e. The Hall–Kier alpha value is -1.34. The normalized spacial score (nSPS) is 26.7. The zero-order chi connectivity index (χ0) is 15.2. The topological polar surface area (TPSA) is 87.8 Å². The van der Waals surface area contributed by atoms with Gasteiger partial charge < -0.3 is 9.52 Å². The second kappa shape index (κ2) is 5.14. The molecule has 1 aliphatic heterocycles. The maximum absolute atomic E-state index is 12.9. The molecule has 0 bridgehead atoms. The van der Waals surface area contributed by atoms with Gasteiger partial charge in [0.15, 0.2) is 0 Å². The SMILES string of the molecule is Cc1oc(C(=O)O)cc1S(=O)(=O)N1CCCC2CCCC21. The molecule has 7 heteroatoms. The van der Waals surface area contributed by atoms with Crippen molar-refractivity contribution in [2.45, 2.75) is 50.0 Å². The van der Waals surface area contributed by atoms with E-state index in [2.05, 4.69) is 0 Å². The lowest BCUT2D eigenvalue weighted by molar-refractivity contribution is 0.0661. The number of carbonyl (C=O) groups is 1. The molecule has 1 N–H and O–H groups in total. The van der Waals surface area contributed by atoms with E-state index < -0.39 is 16.0 Å². The zero-order valence-electron chi connectivity index (χ0n) is 11.9. The van der Waals surface area contributed by atoms with Gasteiger partial charge >= 0.3 is 5.97 Å². The number of aromatic carboxylic acids is 1. The van der Waals surface area contributed by atoms with E-state index in [1.165, 1.54) is 6.92 Å². The Balaban J connectivity index is 1.98. The standard InChI is InChI=1S/C14H19NO5S/c1-9-13(8-12(20-9)14(16)17)21(18,19)15-7-3-5-10-4-2-6-11(10)15/h8,10-11H,2-7H2,1H3,(H,16,17). The van der Waals surface area contributed by atoms with Crippen LogP contribution < -0.4 is 0 Å². The first kappa shape index (κ1) is 14.6. The third-order valence-electron chi connectivity index (χ3n) is 4.61. The molecule has 2 fully saturated rings. The van der Waals surface area contributed by atoms with Crippen LogP contribution in [0.25, 0.3) is 0 Å². The number of fused-ring (bicyclic) bond motifs is 1. The summed E-state index contributed by atoms with van der Waals surface area (Å²) in [6.07, 6.45) is 4.99. The Morgan fingerprint density at radius 2 is 2.05 bits per heavy atom. The molecule has 1 saturated carbocycles. The van der Waals surface area contributed by atoms with Crippen LogP contribution in [0.3, 0.4) is 0 Å². The van der Waals surface area contributed by atoms with Gasteiger partial charge in [-0.1, -0.05) is 6.42 Å². The molecule has 1 aromatic heterocycles. The summed E-state index contributed by atoms with van der Waals surface area (Å²) in [7, 11) is -3.68. The van der Waals surface area contributed by atoms with Crippen molar-refractivity contribution >= 4 is 16.0 Å². The zero-order valence-corrected chi connectivity index (χ0v) is 12.7. The lowest BCUT2D eigenvalue weighted by Crippen LogP contribution is -2.46. The second-order valence-electron chi connectivity index (χ2n) is 5.85. The Labute approximate surface area is 123 Å². The van der Waals surface area contributed by atoms with E-state index in [0.29, 0.717) is 12.5 Å². The number of rotatable bonds is 3. The number of aryl methyl sites for hydroxylation is 1. The van der Waals surface area contributed by atoms with Gasteiger partial charge in [0.25, 0.3) is 0 Å². The Morgan fingerprint density at radius 3 is 2.71 bits per heavy atom. The van der Waals surface area contributed by atoms with E-state index in [4.69, 9.17) is 9.52 Å². The molecule has 2 aliphatic rings. The minimum Gasteiger partial charge on any atom is -0.475 e. The van der Waals surface area contributed by atoms with Crippen molar-refractivity contribution in [2.75, 3.05) is 6.54 Å². The highest BCUT2D eigenvalue weighted by molar-refractivity contribution is 7.89. The van der Waals surface area contributed by atoms with Crippen LogP contribution in [0, 0.1) is 12.8 Å². The van der Waals surface area contributed by atoms with Crippen molar-refractivity contribution in [3.8, 4) is 0 Å². The van der Waals surface area contributed by atoms with Gasteiger partial charge in [-0.25, -0.2) is 13.2 Å². The molecule has 0 amide bonds. The maximum atomic E-state index is 12.9. The minimum absolute atomic E-state index is 0.00699. The lowest BCUT2D eigenvalue weighted by Gasteiger charge is -2.36. The van der Waals surface area contributed by atoms with E-state index in [0.717, 1.165) is 38.2 Å². The fourth-order valence-electron chi connectivity index (χ4n) is 3.66. The van der Waals surface area contributed by atoms with Crippen molar-refractivity contribution in [1.82, 2.24) is 4.31 Å². The van der Waals surface area contributed by atoms with Crippen molar-refractivity contribution in [3.05, 3.63) is 17.6 Å². The lowest BCUT2D eigenvalue weighted by atomic mass is 9.94. The molecule has 2 atom stereocenters. The van der Waals surface area contributed by atoms with E-state index in [1.54, 1.807) is 4.31 Å². The fraction of sp³-hybridized carbons (Fsp3) is 0.643. The molecule has 1 saturated heterocycles. The molecule has 2 unspecified atom stereocenters. The van der Waals surface area contributed by atoms with Gasteiger partial charge in [0.05, 0.1) is 0 Å². The quantitative estimate of drug-likeness (QED) is 0.924. The summed E-state index contributed by atoms with van der Waals surface area (Å²) in [4.78, 5) is 10.9. The van der Waals surface area contributed by atoms with E-state index in [1.807, 2.05) is 0 Å². The number of sulfonamides is 1. The van der Waals surface area contributed by atoms with Gasteiger partial charge in [0.2, 0.25) is 15.8 Å². The van der Waals surface area contributed by atoms with Crippen LogP contribution in [0.1, 0.15) is 48.4 Å². The summed E-state index contributed by atoms with van der Waals surface area (Å²) in [5.74, 6) is -0.991. The number of furan rings is 1. The number of hydrogen-bond acceptors (Lipinski definition) is 4. The van der Waals surface area contributed by atoms with Crippen LogP contribution in [-0.4, -0.2) is 36.4 Å². The van der Waals surface area contributed by atoms with Crippen molar-refractivity contribution in [1.29, 1.82) is 0 Å². The number of piperidine rings is 1. The fourth-order valence-corrected chi connectivity index (χ4v) is 5.58. The Morgan fingerprint density at radius 1 is 1.33 bits per heavy atom. The average molecular weight is 313 g/mol. The first-order valence-electron chi connectivity index (χ1n) is 7.27. The number of hydrogen-bond donors (Lipinski definition) is 1. The van der Waals surface area contributed by atoms with Crippen LogP contribution >= 0.6 is 0 Å². The van der Waals surface area contributed by atoms with Gasteiger partial charge in [-0.2, -0.15) is 4.31 Å². The second-order valence-corrected chi connectivity index (χ2v) is 7.71. The van der Waals surface area contributed by atoms with Gasteiger partial charge in [0, 0.05) is 18.7 Å². The van der Waals surface area contributed by atoms with Gasteiger partial charge in [-0.3, -0.25) is 0 Å². The molecule has 116 valence electrons. The summed E-state index contributed by atoms with van der Waals surface area (Å²) in [6.45, 7) is 2.01. The molecule has 0 radical (unpaired) electrons. The van der Waals surface area contributed by atoms with Crippen LogP contribution in [0.4, 0.5) is 0 Å². The predicted molar refractivity (Wildman–Crippen MR) is 74.7 cm³/mol. The monoisotopic (exact) mass is 313 g/mol. The molecule has 2 heterocycles. The summed E-state index contributed by atoms with van der Waals surface area (Å²) < 4.78 is 32.3. The van der Waals surface area contributed by atoms with Gasteiger partial charge in [-0.05, 0) is 38.5 Å². The van der Waals surface area contributed by atoms with Crippen LogP contribution in [0.5, 0.6) is 0 Å². The third-order valence-corrected chi connectivity index (χ3v) is 6.64. The Kier molecular flexibility index (Phi) is 3.57.